The van der Waals surface area contributed by atoms with E-state index in [9.17, 15) is 13.2 Å². The molecule has 32 heavy (non-hydrogen) atoms. The standard InChI is InChI=1S/C25H27ClN2O3S/c1-5-19-7-9-20(10-8-19)18(4)27-25(29)21-11-13-23(26)24(15-21)32(30,31)28-22-12-6-16(2)17(3)14-22/h6-15,18,28H,5H2,1-4H3,(H,27,29)/t18-/m1/s1. The summed E-state index contributed by atoms with van der Waals surface area (Å²) in [7, 11) is -3.98. The summed E-state index contributed by atoms with van der Waals surface area (Å²) in [4.78, 5) is 12.7. The Kier molecular flexibility index (Phi) is 7.26. The first kappa shape index (κ1) is 23.8. The van der Waals surface area contributed by atoms with E-state index in [1.807, 2.05) is 51.1 Å². The van der Waals surface area contributed by atoms with Crippen LogP contribution in [0.1, 0.15) is 52.5 Å². The fourth-order valence-corrected chi connectivity index (χ4v) is 4.85. The molecule has 1 amide bonds. The van der Waals surface area contributed by atoms with E-state index in [2.05, 4.69) is 17.0 Å². The van der Waals surface area contributed by atoms with Crippen molar-refractivity contribution in [2.75, 3.05) is 4.72 Å². The van der Waals surface area contributed by atoms with E-state index < -0.39 is 10.0 Å². The summed E-state index contributed by atoms with van der Waals surface area (Å²) >= 11 is 6.19. The summed E-state index contributed by atoms with van der Waals surface area (Å²) in [6.07, 6.45) is 0.944. The number of hydrogen-bond acceptors (Lipinski definition) is 3. The van der Waals surface area contributed by atoms with Gasteiger partial charge in [0, 0.05) is 11.3 Å². The first-order valence-electron chi connectivity index (χ1n) is 10.4. The van der Waals surface area contributed by atoms with Crippen LogP contribution in [0.4, 0.5) is 5.69 Å². The molecule has 0 aliphatic rings. The number of nitrogens with one attached hydrogen (secondary N) is 2. The average molecular weight is 471 g/mol. The number of anilines is 1. The summed E-state index contributed by atoms with van der Waals surface area (Å²) < 4.78 is 28.5. The van der Waals surface area contributed by atoms with E-state index >= 15 is 0 Å². The average Bonchev–Trinajstić information content (AvgIpc) is 2.76. The maximum Gasteiger partial charge on any atom is 0.263 e. The van der Waals surface area contributed by atoms with Gasteiger partial charge in [0.05, 0.1) is 11.1 Å². The molecule has 0 spiro atoms. The lowest BCUT2D eigenvalue weighted by Crippen LogP contribution is -2.27. The highest BCUT2D eigenvalue weighted by atomic mass is 35.5. The predicted octanol–water partition coefficient (Wildman–Crippen LogP) is 5.81. The first-order chi connectivity index (χ1) is 15.1. The lowest BCUT2D eigenvalue weighted by atomic mass is 10.0. The van der Waals surface area contributed by atoms with Crippen LogP contribution >= 0.6 is 11.6 Å². The minimum absolute atomic E-state index is 0.0427. The highest BCUT2D eigenvalue weighted by Crippen LogP contribution is 2.26. The van der Waals surface area contributed by atoms with E-state index in [4.69, 9.17) is 11.6 Å². The molecular formula is C25H27ClN2O3S. The monoisotopic (exact) mass is 470 g/mol. The van der Waals surface area contributed by atoms with E-state index in [0.29, 0.717) is 5.69 Å². The Morgan fingerprint density at radius 3 is 2.28 bits per heavy atom. The molecule has 2 N–H and O–H groups in total. The molecule has 7 heteroatoms. The van der Waals surface area contributed by atoms with Crippen molar-refractivity contribution in [3.8, 4) is 0 Å². The molecule has 3 rings (SSSR count). The number of hydrogen-bond donors (Lipinski definition) is 2. The second kappa shape index (κ2) is 9.76. The Morgan fingerprint density at radius 1 is 0.969 bits per heavy atom. The van der Waals surface area contributed by atoms with Crippen molar-refractivity contribution >= 4 is 33.2 Å². The second-order valence-corrected chi connectivity index (χ2v) is 9.90. The maximum absolute atomic E-state index is 13.0. The van der Waals surface area contributed by atoms with Crippen molar-refractivity contribution in [2.24, 2.45) is 0 Å². The van der Waals surface area contributed by atoms with Crippen LogP contribution in [-0.4, -0.2) is 14.3 Å². The molecule has 0 unspecified atom stereocenters. The third-order valence-corrected chi connectivity index (χ3v) is 7.34. The van der Waals surface area contributed by atoms with Gasteiger partial charge >= 0.3 is 0 Å². The number of carbonyl (C=O) groups excluding carboxylic acids is 1. The third kappa shape index (κ3) is 5.50. The normalized spacial score (nSPS) is 12.3. The SMILES string of the molecule is CCc1ccc([C@@H](C)NC(=O)c2ccc(Cl)c(S(=O)(=O)Nc3ccc(C)c(C)c3)c2)cc1. The molecular weight excluding hydrogens is 444 g/mol. The van der Waals surface area contributed by atoms with Gasteiger partial charge in [-0.2, -0.15) is 0 Å². The Morgan fingerprint density at radius 2 is 1.66 bits per heavy atom. The van der Waals surface area contributed by atoms with Gasteiger partial charge in [0.15, 0.2) is 0 Å². The summed E-state index contributed by atoms with van der Waals surface area (Å²) in [5, 5.41) is 2.96. The van der Waals surface area contributed by atoms with Crippen LogP contribution in [0.3, 0.4) is 0 Å². The molecule has 0 aliphatic carbocycles. The van der Waals surface area contributed by atoms with Crippen molar-refractivity contribution < 1.29 is 13.2 Å². The van der Waals surface area contributed by atoms with E-state index in [1.165, 1.54) is 23.8 Å². The van der Waals surface area contributed by atoms with Gasteiger partial charge in [-0.1, -0.05) is 48.9 Å². The molecule has 0 fully saturated rings. The van der Waals surface area contributed by atoms with E-state index in [0.717, 1.165) is 23.1 Å². The number of amides is 1. The third-order valence-electron chi connectivity index (χ3n) is 5.48. The molecule has 5 nitrogen and oxygen atoms in total. The molecule has 3 aromatic carbocycles. The van der Waals surface area contributed by atoms with Gasteiger partial charge in [-0.25, -0.2) is 8.42 Å². The maximum atomic E-state index is 13.0. The zero-order chi connectivity index (χ0) is 23.5. The quantitative estimate of drug-likeness (QED) is 0.457. The Bertz CT molecular complexity index is 1240. The van der Waals surface area contributed by atoms with Gasteiger partial charge in [0.2, 0.25) is 0 Å². The lowest BCUT2D eigenvalue weighted by molar-refractivity contribution is 0.0939. The Labute approximate surface area is 194 Å². The zero-order valence-electron chi connectivity index (χ0n) is 18.6. The van der Waals surface area contributed by atoms with Gasteiger partial charge in [-0.15, -0.1) is 0 Å². The Hall–Kier alpha value is -2.83. The fourth-order valence-electron chi connectivity index (χ4n) is 3.27. The molecule has 0 saturated heterocycles. The summed E-state index contributed by atoms with van der Waals surface area (Å²) in [5.41, 5.74) is 4.86. The van der Waals surface area contributed by atoms with Gasteiger partial charge in [-0.05, 0) is 79.8 Å². The fraction of sp³-hybridized carbons (Fsp3) is 0.240. The van der Waals surface area contributed by atoms with Gasteiger partial charge < -0.3 is 5.32 Å². The van der Waals surface area contributed by atoms with Gasteiger partial charge in [-0.3, -0.25) is 9.52 Å². The van der Waals surface area contributed by atoms with Crippen LogP contribution in [-0.2, 0) is 16.4 Å². The van der Waals surface area contributed by atoms with Crippen LogP contribution in [0.25, 0.3) is 0 Å². The van der Waals surface area contributed by atoms with Crippen molar-refractivity contribution in [3.63, 3.8) is 0 Å². The van der Waals surface area contributed by atoms with E-state index in [1.54, 1.807) is 12.1 Å². The second-order valence-electron chi connectivity index (χ2n) is 7.84. The Balaban J connectivity index is 1.81. The number of sulfonamides is 1. The van der Waals surface area contributed by atoms with Crippen LogP contribution < -0.4 is 10.0 Å². The van der Waals surface area contributed by atoms with Crippen LogP contribution in [0.2, 0.25) is 5.02 Å². The first-order valence-corrected chi connectivity index (χ1v) is 12.3. The van der Waals surface area contributed by atoms with Crippen LogP contribution in [0, 0.1) is 13.8 Å². The minimum atomic E-state index is -3.98. The van der Waals surface area contributed by atoms with Crippen molar-refractivity contribution in [1.82, 2.24) is 5.32 Å². The molecule has 0 aromatic heterocycles. The molecule has 0 heterocycles. The summed E-state index contributed by atoms with van der Waals surface area (Å²) in [5.74, 6) is -0.378. The molecule has 168 valence electrons. The van der Waals surface area contributed by atoms with Crippen molar-refractivity contribution in [3.05, 3.63) is 93.5 Å². The minimum Gasteiger partial charge on any atom is -0.346 e. The summed E-state index contributed by atoms with van der Waals surface area (Å²) in [6.45, 7) is 7.82. The molecule has 0 aliphatic heterocycles. The summed E-state index contributed by atoms with van der Waals surface area (Å²) in [6, 6.07) is 17.3. The molecule has 1 atom stereocenters. The predicted molar refractivity (Wildman–Crippen MR) is 130 cm³/mol. The zero-order valence-corrected chi connectivity index (χ0v) is 20.1. The van der Waals surface area contributed by atoms with Gasteiger partial charge in [0.25, 0.3) is 15.9 Å². The molecule has 3 aromatic rings. The number of benzene rings is 3. The highest BCUT2D eigenvalue weighted by molar-refractivity contribution is 7.92. The van der Waals surface area contributed by atoms with Crippen LogP contribution in [0.15, 0.2) is 65.6 Å². The smallest absolute Gasteiger partial charge is 0.263 e. The number of aryl methyl sites for hydroxylation is 3. The number of rotatable bonds is 7. The largest absolute Gasteiger partial charge is 0.346 e. The molecule has 0 radical (unpaired) electrons. The highest BCUT2D eigenvalue weighted by Gasteiger charge is 2.21. The van der Waals surface area contributed by atoms with E-state index in [-0.39, 0.29) is 27.4 Å². The molecule has 0 saturated carbocycles. The molecule has 0 bridgehead atoms. The number of carbonyl (C=O) groups is 1. The van der Waals surface area contributed by atoms with Crippen molar-refractivity contribution in [1.29, 1.82) is 0 Å². The number of halogens is 1. The topological polar surface area (TPSA) is 75.3 Å². The van der Waals surface area contributed by atoms with Crippen LogP contribution in [0.5, 0.6) is 0 Å². The van der Waals surface area contributed by atoms with Crippen molar-refractivity contribution in [2.45, 2.75) is 45.1 Å². The van der Waals surface area contributed by atoms with Gasteiger partial charge in [0.1, 0.15) is 4.90 Å². The lowest BCUT2D eigenvalue weighted by Gasteiger charge is -2.16.